The predicted molar refractivity (Wildman–Crippen MR) is 104 cm³/mol. The molecule has 6 rings (SSSR count). The van der Waals surface area contributed by atoms with Crippen LogP contribution in [-0.4, -0.2) is 37.0 Å². The van der Waals surface area contributed by atoms with Crippen molar-refractivity contribution in [3.05, 3.63) is 35.9 Å². The third kappa shape index (κ3) is 2.70. The Hall–Kier alpha value is -1.35. The Morgan fingerprint density at radius 2 is 1.85 bits per heavy atom. The van der Waals surface area contributed by atoms with Gasteiger partial charge in [-0.15, -0.1) is 0 Å². The van der Waals surface area contributed by atoms with E-state index in [4.69, 9.17) is 0 Å². The number of amides is 1. The monoisotopic (exact) mass is 352 g/mol. The lowest BCUT2D eigenvalue weighted by molar-refractivity contribution is -0.150. The summed E-state index contributed by atoms with van der Waals surface area (Å²) < 4.78 is 0. The van der Waals surface area contributed by atoms with Gasteiger partial charge in [-0.25, -0.2) is 0 Å². The van der Waals surface area contributed by atoms with Gasteiger partial charge in [-0.2, -0.15) is 0 Å². The molecule has 0 aromatic heterocycles. The third-order valence-corrected chi connectivity index (χ3v) is 7.89. The van der Waals surface area contributed by atoms with Crippen molar-refractivity contribution < 1.29 is 4.79 Å². The van der Waals surface area contributed by atoms with Crippen molar-refractivity contribution in [2.45, 2.75) is 62.8 Å². The number of hydrogen-bond acceptors (Lipinski definition) is 2. The van der Waals surface area contributed by atoms with Crippen molar-refractivity contribution >= 4 is 5.91 Å². The SMILES string of the molecule is CN1CCC[C@@H](NC(=O)C23CC4CC(C2)CC(c2ccccc2)(C4)C3)C1. The second-order valence-corrected chi connectivity index (χ2v) is 9.96. The first kappa shape index (κ1) is 16.8. The van der Waals surface area contributed by atoms with Crippen LogP contribution in [0.1, 0.15) is 56.9 Å². The van der Waals surface area contributed by atoms with E-state index in [1.165, 1.54) is 37.8 Å². The molecular weight excluding hydrogens is 320 g/mol. The van der Waals surface area contributed by atoms with E-state index in [0.29, 0.717) is 11.9 Å². The van der Waals surface area contributed by atoms with Crippen LogP contribution < -0.4 is 5.32 Å². The van der Waals surface area contributed by atoms with E-state index >= 15 is 0 Å². The van der Waals surface area contributed by atoms with Crippen molar-refractivity contribution in [3.8, 4) is 0 Å². The molecule has 3 heteroatoms. The first-order valence-electron chi connectivity index (χ1n) is 10.6. The van der Waals surface area contributed by atoms with Crippen LogP contribution in [0.15, 0.2) is 30.3 Å². The van der Waals surface area contributed by atoms with E-state index in [1.807, 2.05) is 0 Å². The number of carbonyl (C=O) groups excluding carboxylic acids is 1. The predicted octanol–water partition coefficient (Wildman–Crippen LogP) is 3.74. The maximum absolute atomic E-state index is 13.5. The van der Waals surface area contributed by atoms with Gasteiger partial charge >= 0.3 is 0 Å². The Morgan fingerprint density at radius 1 is 1.12 bits per heavy atom. The number of nitrogens with zero attached hydrogens (tertiary/aromatic N) is 1. The summed E-state index contributed by atoms with van der Waals surface area (Å²) in [5.74, 6) is 1.87. The van der Waals surface area contributed by atoms with E-state index in [-0.39, 0.29) is 10.8 Å². The van der Waals surface area contributed by atoms with Gasteiger partial charge in [0.25, 0.3) is 0 Å². The van der Waals surface area contributed by atoms with Gasteiger partial charge in [0.2, 0.25) is 5.91 Å². The number of piperidine rings is 1. The van der Waals surface area contributed by atoms with Crippen LogP contribution in [0.25, 0.3) is 0 Å². The Kier molecular flexibility index (Phi) is 3.93. The summed E-state index contributed by atoms with van der Waals surface area (Å²) in [6, 6.07) is 11.5. The largest absolute Gasteiger partial charge is 0.352 e. The Balaban J connectivity index is 1.41. The van der Waals surface area contributed by atoms with Gasteiger partial charge in [0.1, 0.15) is 0 Å². The normalized spacial score (nSPS) is 42.0. The quantitative estimate of drug-likeness (QED) is 0.899. The molecule has 1 saturated heterocycles. The second-order valence-electron chi connectivity index (χ2n) is 9.96. The fourth-order valence-electron chi connectivity index (χ4n) is 7.28. The number of hydrogen-bond donors (Lipinski definition) is 1. The van der Waals surface area contributed by atoms with Gasteiger partial charge in [0.15, 0.2) is 0 Å². The van der Waals surface area contributed by atoms with Crippen LogP contribution in [0.2, 0.25) is 0 Å². The molecular formula is C23H32N2O. The van der Waals surface area contributed by atoms with E-state index in [1.54, 1.807) is 0 Å². The maximum Gasteiger partial charge on any atom is 0.226 e. The van der Waals surface area contributed by atoms with Gasteiger partial charge in [-0.05, 0) is 87.8 Å². The molecule has 26 heavy (non-hydrogen) atoms. The number of likely N-dealkylation sites (tertiary alicyclic amines) is 1. The van der Waals surface area contributed by atoms with Crippen molar-refractivity contribution in [1.29, 1.82) is 0 Å². The lowest BCUT2D eigenvalue weighted by atomic mass is 9.42. The molecule has 140 valence electrons. The highest BCUT2D eigenvalue weighted by molar-refractivity contribution is 5.84. The molecule has 2 unspecified atom stereocenters. The van der Waals surface area contributed by atoms with Crippen molar-refractivity contribution in [1.82, 2.24) is 10.2 Å². The molecule has 1 heterocycles. The minimum absolute atomic E-state index is 0.101. The standard InChI is InChI=1S/C23H32N2O/c1-25-9-5-8-20(15-25)24-21(26)23-13-17-10-18(14-23)12-22(11-17,16-23)19-6-3-2-4-7-19/h2-4,6-7,17-18,20H,5,8-16H2,1H3,(H,24,26)/t17?,18?,20-,22?,23?/m1/s1. The smallest absolute Gasteiger partial charge is 0.226 e. The number of likely N-dealkylation sites (N-methyl/N-ethyl adjacent to an activating group) is 1. The van der Waals surface area contributed by atoms with Gasteiger partial charge < -0.3 is 10.2 Å². The summed E-state index contributed by atoms with van der Waals surface area (Å²) in [6.45, 7) is 2.18. The molecule has 3 nitrogen and oxygen atoms in total. The number of nitrogens with one attached hydrogen (secondary N) is 1. The first-order chi connectivity index (χ1) is 12.6. The molecule has 1 aromatic rings. The molecule has 1 N–H and O–H groups in total. The molecule has 4 aliphatic carbocycles. The Labute approximate surface area is 157 Å². The van der Waals surface area contributed by atoms with Crippen LogP contribution in [0.5, 0.6) is 0 Å². The van der Waals surface area contributed by atoms with Gasteiger partial charge in [-0.3, -0.25) is 4.79 Å². The maximum atomic E-state index is 13.5. The number of carbonyl (C=O) groups is 1. The van der Waals surface area contributed by atoms with Crippen LogP contribution in [0.4, 0.5) is 0 Å². The molecule has 4 bridgehead atoms. The van der Waals surface area contributed by atoms with Gasteiger partial charge in [0.05, 0.1) is 5.41 Å². The Bertz CT molecular complexity index is 671. The lowest BCUT2D eigenvalue weighted by Gasteiger charge is -2.61. The zero-order chi connectivity index (χ0) is 17.8. The summed E-state index contributed by atoms with van der Waals surface area (Å²) in [4.78, 5) is 15.9. The molecule has 3 atom stereocenters. The fourth-order valence-corrected chi connectivity index (χ4v) is 7.28. The van der Waals surface area contributed by atoms with Crippen molar-refractivity contribution in [3.63, 3.8) is 0 Å². The number of benzene rings is 1. The molecule has 0 radical (unpaired) electrons. The van der Waals surface area contributed by atoms with Gasteiger partial charge in [-0.1, -0.05) is 30.3 Å². The van der Waals surface area contributed by atoms with E-state index in [9.17, 15) is 4.79 Å². The van der Waals surface area contributed by atoms with E-state index in [2.05, 4.69) is 47.6 Å². The summed E-state index contributed by atoms with van der Waals surface area (Å²) in [7, 11) is 2.17. The van der Waals surface area contributed by atoms with Crippen LogP contribution >= 0.6 is 0 Å². The van der Waals surface area contributed by atoms with Crippen LogP contribution in [0, 0.1) is 17.3 Å². The van der Waals surface area contributed by atoms with Crippen LogP contribution in [-0.2, 0) is 10.2 Å². The molecule has 1 aliphatic heterocycles. The van der Waals surface area contributed by atoms with E-state index in [0.717, 1.165) is 44.1 Å². The summed E-state index contributed by atoms with van der Waals surface area (Å²) >= 11 is 0. The average Bonchev–Trinajstić information content (AvgIpc) is 2.61. The zero-order valence-corrected chi connectivity index (χ0v) is 16.0. The lowest BCUT2D eigenvalue weighted by Crippen LogP contribution is -2.60. The van der Waals surface area contributed by atoms with Crippen molar-refractivity contribution in [2.75, 3.05) is 20.1 Å². The van der Waals surface area contributed by atoms with E-state index < -0.39 is 0 Å². The molecule has 5 aliphatic rings. The summed E-state index contributed by atoms with van der Waals surface area (Å²) in [6.07, 6.45) is 9.64. The Morgan fingerprint density at radius 3 is 2.54 bits per heavy atom. The molecule has 1 amide bonds. The first-order valence-corrected chi connectivity index (χ1v) is 10.6. The van der Waals surface area contributed by atoms with Crippen molar-refractivity contribution in [2.24, 2.45) is 17.3 Å². The minimum atomic E-state index is -0.101. The third-order valence-electron chi connectivity index (χ3n) is 7.89. The fraction of sp³-hybridized carbons (Fsp3) is 0.696. The molecule has 1 aromatic carbocycles. The summed E-state index contributed by atoms with van der Waals surface area (Å²) in [5.41, 5.74) is 1.64. The topological polar surface area (TPSA) is 32.3 Å². The molecule has 5 fully saturated rings. The van der Waals surface area contributed by atoms with Crippen LogP contribution in [0.3, 0.4) is 0 Å². The molecule has 4 saturated carbocycles. The summed E-state index contributed by atoms with van der Waals surface area (Å²) in [5, 5.41) is 3.49. The minimum Gasteiger partial charge on any atom is -0.352 e. The highest BCUT2D eigenvalue weighted by Gasteiger charge is 2.61. The second kappa shape index (κ2) is 6.09. The number of rotatable bonds is 3. The average molecular weight is 353 g/mol. The van der Waals surface area contributed by atoms with Gasteiger partial charge in [0, 0.05) is 12.6 Å². The zero-order valence-electron chi connectivity index (χ0n) is 16.0. The highest BCUT2D eigenvalue weighted by Crippen LogP contribution is 2.65. The molecule has 0 spiro atoms. The highest BCUT2D eigenvalue weighted by atomic mass is 16.2.